The lowest BCUT2D eigenvalue weighted by Gasteiger charge is -2.05. The van der Waals surface area contributed by atoms with Crippen LogP contribution in [-0.2, 0) is 6.42 Å². The summed E-state index contributed by atoms with van der Waals surface area (Å²) in [6.45, 7) is 1.88. The van der Waals surface area contributed by atoms with Gasteiger partial charge in [-0.05, 0) is 24.6 Å². The molecule has 3 N–H and O–H groups in total. The van der Waals surface area contributed by atoms with Crippen LogP contribution in [0.1, 0.15) is 27.4 Å². The van der Waals surface area contributed by atoms with Crippen LogP contribution in [0.25, 0.3) is 10.9 Å². The molecule has 4 rings (SSSR count). The van der Waals surface area contributed by atoms with E-state index in [-0.39, 0.29) is 23.8 Å². The molecule has 8 heteroatoms. The maximum atomic E-state index is 13.8. The van der Waals surface area contributed by atoms with E-state index in [0.717, 1.165) is 16.6 Å². The number of hydrogen-bond donors (Lipinski definition) is 2. The number of nitrogen functional groups attached to an aromatic ring is 1. The molecule has 0 unspecified atom stereocenters. The lowest BCUT2D eigenvalue weighted by molar-refractivity contribution is 0.102. The van der Waals surface area contributed by atoms with Gasteiger partial charge in [0.25, 0.3) is 0 Å². The van der Waals surface area contributed by atoms with Crippen molar-refractivity contribution in [2.45, 2.75) is 18.5 Å². The number of rotatable bonds is 6. The summed E-state index contributed by atoms with van der Waals surface area (Å²) in [5, 5.41) is 9.41. The number of H-pyrrole nitrogens is 1. The van der Waals surface area contributed by atoms with Gasteiger partial charge < -0.3 is 10.8 Å². The third kappa shape index (κ3) is 3.38. The molecule has 4 aromatic rings. The third-order valence-corrected chi connectivity index (χ3v) is 5.49. The molecule has 0 aliphatic carbocycles. The highest BCUT2D eigenvalue weighted by molar-refractivity contribution is 7.99. The summed E-state index contributed by atoms with van der Waals surface area (Å²) in [6, 6.07) is 14.2. The number of carbonyl (C=O) groups excluding carboxylic acids is 1. The Morgan fingerprint density at radius 2 is 1.93 bits per heavy atom. The fourth-order valence-corrected chi connectivity index (χ4v) is 3.92. The number of fused-ring (bicyclic) bond motifs is 1. The number of nitrogens with zero attached hydrogens (tertiary/aromatic N) is 3. The van der Waals surface area contributed by atoms with Gasteiger partial charge in [0.05, 0.1) is 5.75 Å². The van der Waals surface area contributed by atoms with E-state index in [4.69, 9.17) is 5.84 Å². The molecule has 0 spiro atoms. The number of nitrogens with two attached hydrogens (primary N) is 1. The van der Waals surface area contributed by atoms with Crippen molar-refractivity contribution in [3.8, 4) is 0 Å². The molecule has 0 bridgehead atoms. The molecule has 0 radical (unpaired) electrons. The molecule has 0 atom stereocenters. The Labute approximate surface area is 164 Å². The van der Waals surface area contributed by atoms with Gasteiger partial charge in [-0.2, -0.15) is 0 Å². The van der Waals surface area contributed by atoms with Crippen LogP contribution in [-0.4, -0.2) is 31.4 Å². The zero-order valence-electron chi connectivity index (χ0n) is 15.1. The van der Waals surface area contributed by atoms with Crippen molar-refractivity contribution < 1.29 is 9.18 Å². The molecule has 142 valence electrons. The molecule has 0 amide bonds. The molecule has 0 saturated carbocycles. The third-order valence-electron chi connectivity index (χ3n) is 4.55. The Hall–Kier alpha value is -3.13. The summed E-state index contributed by atoms with van der Waals surface area (Å²) in [4.78, 5) is 16.0. The van der Waals surface area contributed by atoms with Crippen LogP contribution in [0.3, 0.4) is 0 Å². The fraction of sp³-hybridized carbons (Fsp3) is 0.150. The summed E-state index contributed by atoms with van der Waals surface area (Å²) in [6.07, 6.45) is 0.228. The van der Waals surface area contributed by atoms with Gasteiger partial charge in [-0.1, -0.05) is 48.2 Å². The second-order valence-electron chi connectivity index (χ2n) is 6.42. The molecule has 0 saturated heterocycles. The highest BCUT2D eigenvalue weighted by Crippen LogP contribution is 2.25. The first-order valence-corrected chi connectivity index (χ1v) is 9.69. The average molecular weight is 395 g/mol. The highest BCUT2D eigenvalue weighted by Gasteiger charge is 2.18. The smallest absolute Gasteiger partial charge is 0.210 e. The quantitative estimate of drug-likeness (QED) is 0.296. The van der Waals surface area contributed by atoms with E-state index in [0.29, 0.717) is 22.1 Å². The molecular weight excluding hydrogens is 377 g/mol. The number of ketones is 1. The first kappa shape index (κ1) is 18.2. The average Bonchev–Trinajstić information content (AvgIpc) is 3.21. The molecule has 28 heavy (non-hydrogen) atoms. The van der Waals surface area contributed by atoms with Crippen molar-refractivity contribution in [3.05, 3.63) is 77.0 Å². The van der Waals surface area contributed by atoms with E-state index in [9.17, 15) is 9.18 Å². The molecular formula is C20H18FN5OS. The van der Waals surface area contributed by atoms with Crippen LogP contribution < -0.4 is 5.84 Å². The maximum absolute atomic E-state index is 13.8. The van der Waals surface area contributed by atoms with Gasteiger partial charge in [0.1, 0.15) is 5.82 Å². The van der Waals surface area contributed by atoms with Crippen molar-refractivity contribution >= 4 is 28.4 Å². The van der Waals surface area contributed by atoms with Crippen LogP contribution in [0, 0.1) is 12.7 Å². The minimum atomic E-state index is -0.315. The lowest BCUT2D eigenvalue weighted by Crippen LogP contribution is -2.15. The molecule has 2 heterocycles. The van der Waals surface area contributed by atoms with Gasteiger partial charge in [0.15, 0.2) is 11.6 Å². The Morgan fingerprint density at radius 3 is 2.75 bits per heavy atom. The normalized spacial score (nSPS) is 11.2. The molecule has 6 nitrogen and oxygen atoms in total. The standard InChI is InChI=1S/C20H18FN5OS/c1-12-19(14-7-3-5-9-16(14)23-12)17(27)11-28-20-25-24-18(26(20)22)10-13-6-2-4-8-15(13)21/h2-9,23H,10-11,22H2,1H3. The largest absolute Gasteiger partial charge is 0.358 e. The van der Waals surface area contributed by atoms with Crippen LogP contribution >= 0.6 is 11.8 Å². The number of thioether (sulfide) groups is 1. The van der Waals surface area contributed by atoms with E-state index in [1.807, 2.05) is 31.2 Å². The number of aromatic nitrogens is 4. The molecule has 2 aromatic heterocycles. The summed E-state index contributed by atoms with van der Waals surface area (Å²) in [5.74, 6) is 6.34. The minimum Gasteiger partial charge on any atom is -0.358 e. The number of halogens is 1. The molecule has 0 aliphatic rings. The van der Waals surface area contributed by atoms with Gasteiger partial charge in [0, 0.05) is 28.6 Å². The number of hydrogen-bond acceptors (Lipinski definition) is 5. The van der Waals surface area contributed by atoms with Crippen molar-refractivity contribution in [2.75, 3.05) is 11.6 Å². The Kier molecular flexibility index (Phi) is 4.87. The lowest BCUT2D eigenvalue weighted by atomic mass is 10.1. The number of nitrogens with one attached hydrogen (secondary N) is 1. The summed E-state index contributed by atoms with van der Waals surface area (Å²) in [7, 11) is 0. The predicted molar refractivity (Wildman–Crippen MR) is 107 cm³/mol. The summed E-state index contributed by atoms with van der Waals surface area (Å²) < 4.78 is 15.2. The second-order valence-corrected chi connectivity index (χ2v) is 7.36. The van der Waals surface area contributed by atoms with E-state index in [1.165, 1.54) is 22.5 Å². The first-order chi connectivity index (χ1) is 13.5. The second kappa shape index (κ2) is 7.47. The first-order valence-electron chi connectivity index (χ1n) is 8.70. The summed E-state index contributed by atoms with van der Waals surface area (Å²) in [5.41, 5.74) is 2.94. The van der Waals surface area contributed by atoms with E-state index < -0.39 is 0 Å². The molecule has 0 fully saturated rings. The van der Waals surface area contributed by atoms with Crippen molar-refractivity contribution in [2.24, 2.45) is 0 Å². The minimum absolute atomic E-state index is 0.0152. The molecule has 0 aliphatic heterocycles. The Balaban J connectivity index is 1.49. The number of para-hydroxylation sites is 1. The van der Waals surface area contributed by atoms with Gasteiger partial charge in [-0.3, -0.25) is 4.79 Å². The van der Waals surface area contributed by atoms with Gasteiger partial charge >= 0.3 is 0 Å². The van der Waals surface area contributed by atoms with Crippen LogP contribution in [0.15, 0.2) is 53.7 Å². The monoisotopic (exact) mass is 395 g/mol. The number of Topliss-reactive ketones (excluding diaryl/α,β-unsaturated/α-hetero) is 1. The zero-order valence-corrected chi connectivity index (χ0v) is 16.0. The maximum Gasteiger partial charge on any atom is 0.210 e. The van der Waals surface area contributed by atoms with Crippen LogP contribution in [0.2, 0.25) is 0 Å². The van der Waals surface area contributed by atoms with E-state index >= 15 is 0 Å². The predicted octanol–water partition coefficient (Wildman–Crippen LogP) is 3.49. The van der Waals surface area contributed by atoms with Crippen molar-refractivity contribution in [3.63, 3.8) is 0 Å². The number of benzene rings is 2. The summed E-state index contributed by atoms with van der Waals surface area (Å²) >= 11 is 1.21. The fourth-order valence-electron chi connectivity index (χ4n) is 3.18. The van der Waals surface area contributed by atoms with Crippen molar-refractivity contribution in [1.82, 2.24) is 19.9 Å². The number of carbonyl (C=O) groups is 1. The number of aromatic amines is 1. The number of aryl methyl sites for hydroxylation is 1. The van der Waals surface area contributed by atoms with Gasteiger partial charge in [-0.25, -0.2) is 9.07 Å². The molecule has 2 aromatic carbocycles. The SMILES string of the molecule is Cc1[nH]c2ccccc2c1C(=O)CSc1nnc(Cc2ccccc2F)n1N. The zero-order chi connectivity index (χ0) is 19.7. The van der Waals surface area contributed by atoms with Crippen LogP contribution in [0.5, 0.6) is 0 Å². The van der Waals surface area contributed by atoms with Gasteiger partial charge in [0.2, 0.25) is 5.16 Å². The highest BCUT2D eigenvalue weighted by atomic mass is 32.2. The van der Waals surface area contributed by atoms with Crippen LogP contribution in [0.4, 0.5) is 4.39 Å². The Bertz CT molecular complexity index is 1170. The van der Waals surface area contributed by atoms with E-state index in [2.05, 4.69) is 15.2 Å². The van der Waals surface area contributed by atoms with Gasteiger partial charge in [-0.15, -0.1) is 10.2 Å². The Morgan fingerprint density at radius 1 is 1.18 bits per heavy atom. The topological polar surface area (TPSA) is 89.6 Å². The van der Waals surface area contributed by atoms with E-state index in [1.54, 1.807) is 18.2 Å². The van der Waals surface area contributed by atoms with Crippen molar-refractivity contribution in [1.29, 1.82) is 0 Å².